The molecule has 0 amide bonds. The lowest BCUT2D eigenvalue weighted by Crippen LogP contribution is -2.33. The third-order valence-electron chi connectivity index (χ3n) is 6.27. The summed E-state index contributed by atoms with van der Waals surface area (Å²) < 4.78 is 5.85. The average Bonchev–Trinajstić information content (AvgIpc) is 3.35. The number of benzene rings is 2. The third kappa shape index (κ3) is 5.47. The number of hydrogen-bond acceptors (Lipinski definition) is 6. The van der Waals surface area contributed by atoms with Crippen molar-refractivity contribution in [3.8, 4) is 11.5 Å². The van der Waals surface area contributed by atoms with Crippen molar-refractivity contribution in [2.45, 2.75) is 38.1 Å². The zero-order valence-electron chi connectivity index (χ0n) is 19.4. The van der Waals surface area contributed by atoms with Gasteiger partial charge < -0.3 is 20.4 Å². The summed E-state index contributed by atoms with van der Waals surface area (Å²) in [6.07, 6.45) is 9.09. The molecule has 35 heavy (non-hydrogen) atoms. The van der Waals surface area contributed by atoms with Gasteiger partial charge >= 0.3 is 0 Å². The van der Waals surface area contributed by atoms with Gasteiger partial charge in [0.1, 0.15) is 29.3 Å². The molecule has 1 saturated heterocycles. The summed E-state index contributed by atoms with van der Waals surface area (Å²) >= 11 is 6.54. The van der Waals surface area contributed by atoms with Crippen LogP contribution in [-0.4, -0.2) is 39.9 Å². The Morgan fingerprint density at radius 2 is 1.86 bits per heavy atom. The summed E-state index contributed by atoms with van der Waals surface area (Å²) in [5, 5.41) is 8.09. The van der Waals surface area contributed by atoms with Gasteiger partial charge in [-0.1, -0.05) is 49.1 Å². The zero-order chi connectivity index (χ0) is 24.0. The number of aromatic amines is 1. The highest BCUT2D eigenvalue weighted by Crippen LogP contribution is 2.31. The van der Waals surface area contributed by atoms with Crippen molar-refractivity contribution in [1.29, 1.82) is 0 Å². The number of fused-ring (bicyclic) bond motifs is 1. The Bertz CT molecular complexity index is 1300. The number of ether oxygens (including phenoxy) is 1. The highest BCUT2D eigenvalue weighted by Gasteiger charge is 2.22. The number of anilines is 1. The summed E-state index contributed by atoms with van der Waals surface area (Å²) in [7, 11) is 0. The van der Waals surface area contributed by atoms with E-state index in [9.17, 15) is 4.79 Å². The van der Waals surface area contributed by atoms with Crippen molar-refractivity contribution < 1.29 is 9.53 Å². The van der Waals surface area contributed by atoms with Crippen LogP contribution in [0.3, 0.4) is 0 Å². The second kappa shape index (κ2) is 10.9. The van der Waals surface area contributed by atoms with Crippen molar-refractivity contribution in [2.75, 3.05) is 18.4 Å². The van der Waals surface area contributed by atoms with Crippen LogP contribution < -0.4 is 15.4 Å². The van der Waals surface area contributed by atoms with Crippen molar-refractivity contribution in [3.05, 3.63) is 77.2 Å². The minimum atomic E-state index is -0.196. The SMILES string of the molecule is O=C(c1ccc(Oc2ccccc2)cc1Cl)c1c[nH]c2ncnc(NC3CCCCCCNC3)c12. The van der Waals surface area contributed by atoms with Crippen molar-refractivity contribution >= 4 is 34.2 Å². The van der Waals surface area contributed by atoms with E-state index in [1.807, 2.05) is 30.3 Å². The van der Waals surface area contributed by atoms with E-state index in [0.717, 1.165) is 19.5 Å². The smallest absolute Gasteiger partial charge is 0.196 e. The molecule has 2 aromatic heterocycles. The Kier molecular flexibility index (Phi) is 7.25. The van der Waals surface area contributed by atoms with Crippen LogP contribution >= 0.6 is 11.6 Å². The summed E-state index contributed by atoms with van der Waals surface area (Å²) in [5.41, 5.74) is 1.49. The standard InChI is InChI=1S/C27H28ClN5O2/c28-23-14-20(35-19-9-5-3-6-10-19)11-12-21(23)25(34)22-16-30-26-24(22)27(32-17-31-26)33-18-8-4-1-2-7-13-29-15-18/h3,5-6,9-12,14,16-18,29H,1-2,4,7-8,13,15H2,(H2,30,31,32,33). The Hall–Kier alpha value is -3.42. The van der Waals surface area contributed by atoms with Crippen LogP contribution in [0.2, 0.25) is 5.02 Å². The maximum Gasteiger partial charge on any atom is 0.196 e. The normalized spacial score (nSPS) is 16.8. The zero-order valence-corrected chi connectivity index (χ0v) is 20.1. The molecule has 7 nitrogen and oxygen atoms in total. The number of rotatable bonds is 6. The van der Waals surface area contributed by atoms with Gasteiger partial charge in [-0.05, 0) is 43.7 Å². The van der Waals surface area contributed by atoms with E-state index in [1.54, 1.807) is 24.4 Å². The predicted molar refractivity (Wildman–Crippen MR) is 139 cm³/mol. The number of carbonyl (C=O) groups is 1. The molecule has 1 unspecified atom stereocenters. The molecule has 0 aliphatic carbocycles. The van der Waals surface area contributed by atoms with Crippen LogP contribution in [0, 0.1) is 0 Å². The first kappa shape index (κ1) is 23.3. The molecule has 0 spiro atoms. The van der Waals surface area contributed by atoms with E-state index >= 15 is 0 Å². The van der Waals surface area contributed by atoms with Crippen molar-refractivity contribution in [2.24, 2.45) is 0 Å². The van der Waals surface area contributed by atoms with E-state index in [2.05, 4.69) is 25.6 Å². The minimum Gasteiger partial charge on any atom is -0.457 e. The van der Waals surface area contributed by atoms with Gasteiger partial charge in [0, 0.05) is 30.4 Å². The highest BCUT2D eigenvalue weighted by molar-refractivity contribution is 6.35. The van der Waals surface area contributed by atoms with Gasteiger partial charge in [0.2, 0.25) is 0 Å². The van der Waals surface area contributed by atoms with Crippen molar-refractivity contribution in [3.63, 3.8) is 0 Å². The largest absolute Gasteiger partial charge is 0.457 e. The number of nitrogens with zero attached hydrogens (tertiary/aromatic N) is 2. The fourth-order valence-electron chi connectivity index (χ4n) is 4.45. The molecule has 3 heterocycles. The summed E-state index contributed by atoms with van der Waals surface area (Å²) in [6.45, 7) is 1.88. The molecule has 0 saturated carbocycles. The first-order valence-corrected chi connectivity index (χ1v) is 12.4. The molecule has 8 heteroatoms. The molecule has 0 bridgehead atoms. The molecule has 1 aliphatic rings. The molecule has 4 aromatic rings. The number of hydrogen-bond donors (Lipinski definition) is 3. The summed E-state index contributed by atoms with van der Waals surface area (Å²) in [4.78, 5) is 25.5. The van der Waals surface area contributed by atoms with E-state index in [1.165, 1.54) is 32.0 Å². The monoisotopic (exact) mass is 489 g/mol. The van der Waals surface area contributed by atoms with Gasteiger partial charge in [-0.25, -0.2) is 9.97 Å². The van der Waals surface area contributed by atoms with E-state index < -0.39 is 0 Å². The highest BCUT2D eigenvalue weighted by atomic mass is 35.5. The number of halogens is 1. The quantitative estimate of drug-likeness (QED) is 0.289. The number of para-hydroxylation sites is 1. The van der Waals surface area contributed by atoms with E-state index in [-0.39, 0.29) is 11.8 Å². The van der Waals surface area contributed by atoms with E-state index in [0.29, 0.717) is 44.5 Å². The van der Waals surface area contributed by atoms with Crippen LogP contribution in [0.1, 0.15) is 48.0 Å². The van der Waals surface area contributed by atoms with Crippen LogP contribution in [0.5, 0.6) is 11.5 Å². The second-order valence-corrected chi connectivity index (χ2v) is 9.19. The van der Waals surface area contributed by atoms with Gasteiger partial charge in [0.25, 0.3) is 0 Å². The molecule has 1 atom stereocenters. The average molecular weight is 490 g/mol. The minimum absolute atomic E-state index is 0.196. The number of ketones is 1. The van der Waals surface area contributed by atoms with Crippen LogP contribution in [-0.2, 0) is 0 Å². The van der Waals surface area contributed by atoms with Gasteiger partial charge in [-0.3, -0.25) is 4.79 Å². The molecular weight excluding hydrogens is 462 g/mol. The molecule has 3 N–H and O–H groups in total. The lowest BCUT2D eigenvalue weighted by Gasteiger charge is -2.19. The molecule has 1 aliphatic heterocycles. The molecule has 5 rings (SSSR count). The lowest BCUT2D eigenvalue weighted by molar-refractivity contribution is 0.104. The van der Waals surface area contributed by atoms with Gasteiger partial charge in [-0.2, -0.15) is 0 Å². The first-order chi connectivity index (χ1) is 17.2. The van der Waals surface area contributed by atoms with E-state index in [4.69, 9.17) is 16.3 Å². The maximum absolute atomic E-state index is 13.6. The predicted octanol–water partition coefficient (Wildman–Crippen LogP) is 5.97. The second-order valence-electron chi connectivity index (χ2n) is 8.78. The molecule has 1 fully saturated rings. The Labute approximate surface area is 209 Å². The number of nitrogens with one attached hydrogen (secondary N) is 3. The maximum atomic E-state index is 13.6. The third-order valence-corrected chi connectivity index (χ3v) is 6.58. The number of aromatic nitrogens is 3. The number of H-pyrrole nitrogens is 1. The fraction of sp³-hybridized carbons (Fsp3) is 0.296. The van der Waals surface area contributed by atoms with Crippen LogP contribution in [0.15, 0.2) is 61.1 Å². The van der Waals surface area contributed by atoms with Gasteiger partial charge in [0.15, 0.2) is 5.78 Å². The van der Waals surface area contributed by atoms with Crippen LogP contribution in [0.4, 0.5) is 5.82 Å². The topological polar surface area (TPSA) is 91.9 Å². The first-order valence-electron chi connectivity index (χ1n) is 12.1. The Balaban J connectivity index is 1.41. The van der Waals surface area contributed by atoms with Gasteiger partial charge in [0.05, 0.1) is 16.0 Å². The van der Waals surface area contributed by atoms with Crippen LogP contribution in [0.25, 0.3) is 11.0 Å². The lowest BCUT2D eigenvalue weighted by atomic mass is 10.0. The molecular formula is C27H28ClN5O2. The molecule has 0 radical (unpaired) electrons. The molecule has 180 valence electrons. The Morgan fingerprint density at radius 1 is 1.00 bits per heavy atom. The summed E-state index contributed by atoms with van der Waals surface area (Å²) in [6, 6.07) is 14.8. The number of carbonyl (C=O) groups excluding carboxylic acids is 1. The summed E-state index contributed by atoms with van der Waals surface area (Å²) in [5.74, 6) is 1.73. The van der Waals surface area contributed by atoms with Crippen molar-refractivity contribution in [1.82, 2.24) is 20.3 Å². The molecule has 2 aromatic carbocycles. The van der Waals surface area contributed by atoms with Gasteiger partial charge in [-0.15, -0.1) is 0 Å². The fourth-order valence-corrected chi connectivity index (χ4v) is 4.71. The Morgan fingerprint density at radius 3 is 2.71 bits per heavy atom.